The van der Waals surface area contributed by atoms with E-state index in [0.29, 0.717) is 54.1 Å². The molecule has 1 unspecified atom stereocenters. The molecule has 5 aromatic carbocycles. The Morgan fingerprint density at radius 3 is 1.96 bits per heavy atom. The van der Waals surface area contributed by atoms with Crippen molar-refractivity contribution < 1.29 is 76.1 Å². The molecule has 1 aliphatic heterocycles. The second-order valence-corrected chi connectivity index (χ2v) is 25.9. The van der Waals surface area contributed by atoms with Gasteiger partial charge >= 0.3 is 24.6 Å². The third kappa shape index (κ3) is 18.1. The van der Waals surface area contributed by atoms with Gasteiger partial charge in [-0.15, -0.1) is 0 Å². The van der Waals surface area contributed by atoms with Crippen LogP contribution < -0.4 is 14.5 Å². The summed E-state index contributed by atoms with van der Waals surface area (Å²) < 4.78 is 178. The maximum Gasteiger partial charge on any atom is 0.416 e. The van der Waals surface area contributed by atoms with E-state index in [1.807, 2.05) is 63.8 Å². The van der Waals surface area contributed by atoms with Gasteiger partial charge in [-0.2, -0.15) is 39.5 Å². The van der Waals surface area contributed by atoms with Gasteiger partial charge in [-0.1, -0.05) is 60.9 Å². The number of hydrogen-bond acceptors (Lipinski definition) is 11. The molecule has 8 rings (SSSR count). The van der Waals surface area contributed by atoms with Crippen molar-refractivity contribution in [1.29, 1.82) is 0 Å². The number of carbonyl (C=O) groups is 2. The van der Waals surface area contributed by atoms with Gasteiger partial charge in [0.25, 0.3) is 6.47 Å². The average molecular weight is 1270 g/mol. The lowest BCUT2D eigenvalue weighted by molar-refractivity contribution is -0.138. The van der Waals surface area contributed by atoms with Crippen molar-refractivity contribution in [3.8, 4) is 16.9 Å². The Labute approximate surface area is 513 Å². The predicted octanol–water partition coefficient (Wildman–Crippen LogP) is 16.5. The molecule has 1 saturated heterocycles. The number of cyclic esters (lactones) is 1. The highest BCUT2D eigenvalue weighted by molar-refractivity contribution is 7.90. The van der Waals surface area contributed by atoms with Gasteiger partial charge in [-0.05, 0) is 191 Å². The van der Waals surface area contributed by atoms with E-state index in [9.17, 15) is 61.9 Å². The predicted molar refractivity (Wildman–Crippen MR) is 321 cm³/mol. The number of ether oxygens (including phenoxy) is 3. The molecule has 3 atom stereocenters. The standard InChI is InChI=1S/C36H44F6N4O5S.C30H31F4NO2/c1-5-45(20-26-6-8-27(9-7-26)22-50-23-47)33-11-10-30(35(37,38)39)17-29(33)21-46(25(3)28-14-24(2)15-31(16-28)36(40,41)42)34-43-18-32(19-44-34)51-12-13-52(4,48)49;1-16(2)25-14-26(19(5)12-27(25)31)24-8-7-17(3)9-22(24)15-35-20(6)28(37-29(35)36)21-10-18(4)11-23(13-21)30(32,33)34/h10-11,14-19,23,25-27H,5-9,12-13,20-22H2,1-4H3;7-14,16,20,28H,15H2,1-6H3/t;20-,28-/m.0/s1. The molecule has 23 heteroatoms. The number of anilines is 2. The molecule has 89 heavy (non-hydrogen) atoms. The Balaban J connectivity index is 0.000000268. The molecular weight excluding hydrogens is 1200 g/mol. The zero-order chi connectivity index (χ0) is 65.5. The fourth-order valence-corrected chi connectivity index (χ4v) is 11.9. The molecule has 2 heterocycles. The molecule has 2 aliphatic rings. The van der Waals surface area contributed by atoms with Crippen LogP contribution >= 0.6 is 0 Å². The lowest BCUT2D eigenvalue weighted by Gasteiger charge is -2.36. The molecule has 2 fully saturated rings. The number of benzene rings is 5. The van der Waals surface area contributed by atoms with Gasteiger partial charge in [0.15, 0.2) is 15.6 Å². The first-order chi connectivity index (χ1) is 41.6. The van der Waals surface area contributed by atoms with Gasteiger partial charge in [-0.3, -0.25) is 9.69 Å². The number of rotatable bonds is 21. The summed E-state index contributed by atoms with van der Waals surface area (Å²) in [4.78, 5) is 37.4. The van der Waals surface area contributed by atoms with Crippen molar-refractivity contribution in [2.45, 2.75) is 144 Å². The van der Waals surface area contributed by atoms with E-state index < -0.39 is 69.3 Å². The zero-order valence-electron chi connectivity index (χ0n) is 51.3. The lowest BCUT2D eigenvalue weighted by atomic mass is 9.82. The van der Waals surface area contributed by atoms with Crippen LogP contribution in [0.4, 0.5) is 60.3 Å². The van der Waals surface area contributed by atoms with Crippen molar-refractivity contribution >= 4 is 34.0 Å². The minimum Gasteiger partial charge on any atom is -0.489 e. The van der Waals surface area contributed by atoms with E-state index in [1.165, 1.54) is 31.5 Å². The zero-order valence-corrected chi connectivity index (χ0v) is 52.2. The van der Waals surface area contributed by atoms with Crippen molar-refractivity contribution in [3.05, 3.63) is 170 Å². The Bertz CT molecular complexity index is 3550. The monoisotopic (exact) mass is 1270 g/mol. The Hall–Kier alpha value is -7.43. The summed E-state index contributed by atoms with van der Waals surface area (Å²) in [6.07, 6.45) is -8.19. The quantitative estimate of drug-likeness (QED) is 0.0504. The highest BCUT2D eigenvalue weighted by Crippen LogP contribution is 2.42. The largest absolute Gasteiger partial charge is 0.489 e. The van der Waals surface area contributed by atoms with E-state index in [4.69, 9.17) is 14.2 Å². The summed E-state index contributed by atoms with van der Waals surface area (Å²) in [5, 5.41) is 0. The lowest BCUT2D eigenvalue weighted by Crippen LogP contribution is -2.34. The van der Waals surface area contributed by atoms with Gasteiger partial charge in [0, 0.05) is 31.6 Å². The van der Waals surface area contributed by atoms with E-state index in [2.05, 4.69) is 9.97 Å². The number of hydrogen-bond donors (Lipinski definition) is 0. The molecule has 1 aliphatic carbocycles. The van der Waals surface area contributed by atoms with E-state index in [0.717, 1.165) is 96.2 Å². The van der Waals surface area contributed by atoms with E-state index >= 15 is 0 Å². The highest BCUT2D eigenvalue weighted by Gasteiger charge is 2.42. The average Bonchev–Trinajstić information content (AvgIpc) is 1.92. The smallest absolute Gasteiger partial charge is 0.416 e. The second-order valence-electron chi connectivity index (χ2n) is 23.6. The summed E-state index contributed by atoms with van der Waals surface area (Å²) in [5.41, 5.74) is 4.66. The van der Waals surface area contributed by atoms with E-state index in [1.54, 1.807) is 42.7 Å². The molecular formula is C66H75F10N5O7S. The van der Waals surface area contributed by atoms with Crippen LogP contribution in [0.1, 0.15) is 145 Å². The Morgan fingerprint density at radius 2 is 1.36 bits per heavy atom. The van der Waals surface area contributed by atoms with E-state index in [-0.39, 0.29) is 71.8 Å². The first-order valence-electron chi connectivity index (χ1n) is 29.3. The fraction of sp³-hybridized carbons (Fsp3) is 0.455. The molecule has 1 saturated carbocycles. The van der Waals surface area contributed by atoms with Crippen LogP contribution in [-0.4, -0.2) is 80.2 Å². The molecule has 0 bridgehead atoms. The Kier molecular flexibility index (Phi) is 22.2. The molecule has 6 aromatic rings. The summed E-state index contributed by atoms with van der Waals surface area (Å²) in [6.45, 7) is 17.8. The Morgan fingerprint density at radius 1 is 0.742 bits per heavy atom. The van der Waals surface area contributed by atoms with Crippen LogP contribution in [-0.2, 0) is 55.7 Å². The van der Waals surface area contributed by atoms with Crippen molar-refractivity contribution in [1.82, 2.24) is 14.9 Å². The van der Waals surface area contributed by atoms with Crippen LogP contribution in [0.5, 0.6) is 5.75 Å². The minimum absolute atomic E-state index is 0.00138. The number of alkyl halides is 9. The highest BCUT2D eigenvalue weighted by atomic mass is 32.2. The summed E-state index contributed by atoms with van der Waals surface area (Å²) in [5.74, 6) is 0.141. The van der Waals surface area contributed by atoms with Gasteiger partial charge in [0.2, 0.25) is 5.95 Å². The van der Waals surface area contributed by atoms with Crippen LogP contribution in [0.25, 0.3) is 11.1 Å². The molecule has 482 valence electrons. The van der Waals surface area contributed by atoms with Crippen molar-refractivity contribution in [2.75, 3.05) is 48.1 Å². The number of nitrogens with zero attached hydrogens (tertiary/aromatic N) is 5. The van der Waals surface area contributed by atoms with Gasteiger partial charge in [0.1, 0.15) is 18.5 Å². The third-order valence-corrected chi connectivity index (χ3v) is 17.2. The third-order valence-electron chi connectivity index (χ3n) is 16.3. The maximum atomic E-state index is 14.6. The molecule has 12 nitrogen and oxygen atoms in total. The van der Waals surface area contributed by atoms with Crippen LogP contribution in [0, 0.1) is 45.3 Å². The summed E-state index contributed by atoms with van der Waals surface area (Å²) in [7, 11) is -3.31. The molecule has 0 radical (unpaired) electrons. The molecule has 0 spiro atoms. The number of aromatic nitrogens is 2. The summed E-state index contributed by atoms with van der Waals surface area (Å²) in [6, 6.07) is 18.9. The molecule has 1 amide bonds. The van der Waals surface area contributed by atoms with Crippen LogP contribution in [0.15, 0.2) is 97.3 Å². The van der Waals surface area contributed by atoms with Crippen LogP contribution in [0.2, 0.25) is 0 Å². The molecule has 1 aromatic heterocycles. The van der Waals surface area contributed by atoms with Crippen LogP contribution in [0.3, 0.4) is 0 Å². The van der Waals surface area contributed by atoms with Gasteiger partial charge in [-0.25, -0.2) is 27.6 Å². The molecule has 0 N–H and O–H groups in total. The van der Waals surface area contributed by atoms with Crippen molar-refractivity contribution in [2.24, 2.45) is 11.8 Å². The first kappa shape index (κ1) is 69.1. The van der Waals surface area contributed by atoms with Gasteiger partial charge < -0.3 is 24.0 Å². The topological polar surface area (TPSA) is 131 Å². The number of carbonyl (C=O) groups excluding carboxylic acids is 2. The number of amides is 1. The first-order valence-corrected chi connectivity index (χ1v) is 31.3. The van der Waals surface area contributed by atoms with Gasteiger partial charge in [0.05, 0.1) is 60.1 Å². The fourth-order valence-electron chi connectivity index (χ4n) is 11.5. The minimum atomic E-state index is -4.66. The normalized spacial score (nSPS) is 17.6. The SMILES string of the molecule is CCN(CC1CCC(COC=O)CC1)c1ccc(C(F)(F)F)cc1CN(c1ncc(OCCS(C)(=O)=O)cn1)C(C)c1cc(C)cc(C(F)(F)F)c1.Cc1cc([C@H]2OC(=O)N(Cc3cc(C)ccc3-c3cc(C(C)C)c(F)cc3C)[C@H]2C)cc(C(F)(F)F)c1. The number of halogens is 10. The second kappa shape index (κ2) is 28.6. The maximum absolute atomic E-state index is 14.6. The summed E-state index contributed by atoms with van der Waals surface area (Å²) >= 11 is 0. The number of aryl methyl sites for hydroxylation is 4. The van der Waals surface area contributed by atoms with Crippen molar-refractivity contribution in [3.63, 3.8) is 0 Å². The number of sulfone groups is 1.